The van der Waals surface area contributed by atoms with Crippen LogP contribution in [0, 0.1) is 5.82 Å². The molecule has 7 heteroatoms. The molecule has 0 aliphatic rings. The first kappa shape index (κ1) is 14.6. The SMILES string of the molecule is O=C(O)/C(=C/c1ccc(F)cc1)n1nnnc1-c1ccccc1. The van der Waals surface area contributed by atoms with Crippen LogP contribution in [0.1, 0.15) is 5.56 Å². The molecule has 0 radical (unpaired) electrons. The fourth-order valence-corrected chi connectivity index (χ4v) is 2.05. The molecule has 0 atom stereocenters. The number of aliphatic carboxylic acids is 1. The minimum absolute atomic E-state index is 0.138. The second-order valence-corrected chi connectivity index (χ2v) is 4.67. The Hall–Kier alpha value is -3.35. The fourth-order valence-electron chi connectivity index (χ4n) is 2.05. The van der Waals surface area contributed by atoms with Crippen LogP contribution < -0.4 is 0 Å². The third-order valence-corrected chi connectivity index (χ3v) is 3.12. The zero-order valence-electron chi connectivity index (χ0n) is 11.8. The minimum Gasteiger partial charge on any atom is -0.477 e. The van der Waals surface area contributed by atoms with E-state index in [1.165, 1.54) is 30.3 Å². The second kappa shape index (κ2) is 6.18. The molecule has 1 aromatic heterocycles. The highest BCUT2D eigenvalue weighted by Crippen LogP contribution is 2.20. The summed E-state index contributed by atoms with van der Waals surface area (Å²) in [6.07, 6.45) is 1.38. The molecule has 0 unspecified atom stereocenters. The lowest BCUT2D eigenvalue weighted by molar-refractivity contribution is -0.130. The highest BCUT2D eigenvalue weighted by Gasteiger charge is 2.18. The number of tetrazole rings is 1. The first-order valence-corrected chi connectivity index (χ1v) is 6.70. The number of rotatable bonds is 4. The second-order valence-electron chi connectivity index (χ2n) is 4.67. The van der Waals surface area contributed by atoms with Gasteiger partial charge in [-0.1, -0.05) is 42.5 Å². The van der Waals surface area contributed by atoms with E-state index in [4.69, 9.17) is 0 Å². The molecule has 0 fully saturated rings. The summed E-state index contributed by atoms with van der Waals surface area (Å²) in [6, 6.07) is 14.5. The lowest BCUT2D eigenvalue weighted by Gasteiger charge is -2.05. The van der Waals surface area contributed by atoms with E-state index in [1.54, 1.807) is 24.3 Å². The molecule has 0 saturated heterocycles. The smallest absolute Gasteiger partial charge is 0.354 e. The average molecular weight is 310 g/mol. The van der Waals surface area contributed by atoms with Gasteiger partial charge in [0.15, 0.2) is 11.5 Å². The Kier molecular flexibility index (Phi) is 3.92. The van der Waals surface area contributed by atoms with Crippen LogP contribution >= 0.6 is 0 Å². The van der Waals surface area contributed by atoms with Gasteiger partial charge < -0.3 is 5.11 Å². The first-order valence-electron chi connectivity index (χ1n) is 6.70. The Morgan fingerprint density at radius 1 is 1.09 bits per heavy atom. The predicted molar refractivity (Wildman–Crippen MR) is 81.5 cm³/mol. The standard InChI is InChI=1S/C16H11FN4O2/c17-13-8-6-11(7-9-13)10-14(16(22)23)21-15(18-19-20-21)12-4-2-1-3-5-12/h1-10H,(H,22,23)/b14-10-. The number of nitrogens with zero attached hydrogens (tertiary/aromatic N) is 4. The Morgan fingerprint density at radius 2 is 1.78 bits per heavy atom. The van der Waals surface area contributed by atoms with Crippen molar-refractivity contribution in [3.8, 4) is 11.4 Å². The van der Waals surface area contributed by atoms with Gasteiger partial charge in [-0.2, -0.15) is 4.68 Å². The molecule has 23 heavy (non-hydrogen) atoms. The largest absolute Gasteiger partial charge is 0.477 e. The van der Waals surface area contributed by atoms with Gasteiger partial charge >= 0.3 is 5.97 Å². The molecule has 3 rings (SSSR count). The van der Waals surface area contributed by atoms with E-state index in [0.29, 0.717) is 17.0 Å². The van der Waals surface area contributed by atoms with E-state index >= 15 is 0 Å². The zero-order valence-corrected chi connectivity index (χ0v) is 11.8. The van der Waals surface area contributed by atoms with Crippen molar-refractivity contribution in [1.82, 2.24) is 20.2 Å². The van der Waals surface area contributed by atoms with E-state index in [2.05, 4.69) is 15.5 Å². The van der Waals surface area contributed by atoms with Gasteiger partial charge in [0.1, 0.15) is 5.82 Å². The molecule has 0 bridgehead atoms. The van der Waals surface area contributed by atoms with E-state index < -0.39 is 11.8 Å². The lowest BCUT2D eigenvalue weighted by atomic mass is 10.1. The van der Waals surface area contributed by atoms with Gasteiger partial charge in [0.2, 0.25) is 0 Å². The Morgan fingerprint density at radius 3 is 2.43 bits per heavy atom. The number of carboxylic acid groups (broad SMARTS) is 1. The Labute approximate surface area is 130 Å². The molecule has 0 spiro atoms. The maximum atomic E-state index is 13.0. The van der Waals surface area contributed by atoms with Gasteiger partial charge in [0, 0.05) is 5.56 Å². The number of benzene rings is 2. The van der Waals surface area contributed by atoms with Crippen molar-refractivity contribution < 1.29 is 14.3 Å². The van der Waals surface area contributed by atoms with Crippen molar-refractivity contribution in [2.45, 2.75) is 0 Å². The van der Waals surface area contributed by atoms with Crippen LogP contribution in [0.15, 0.2) is 54.6 Å². The number of carbonyl (C=O) groups is 1. The molecule has 0 amide bonds. The summed E-state index contributed by atoms with van der Waals surface area (Å²) in [5.74, 6) is -1.29. The van der Waals surface area contributed by atoms with E-state index in [-0.39, 0.29) is 5.70 Å². The summed E-state index contributed by atoms with van der Waals surface area (Å²) < 4.78 is 14.1. The molecular weight excluding hydrogens is 299 g/mol. The predicted octanol–water partition coefficient (Wildman–Crippen LogP) is 2.56. The minimum atomic E-state index is -1.20. The number of carboxylic acids is 1. The number of aromatic nitrogens is 4. The Bertz CT molecular complexity index is 857. The first-order chi connectivity index (χ1) is 11.1. The number of halogens is 1. The molecule has 0 aliphatic carbocycles. The summed E-state index contributed by atoms with van der Waals surface area (Å²) in [6.45, 7) is 0. The van der Waals surface area contributed by atoms with Crippen LogP contribution in [-0.4, -0.2) is 31.3 Å². The summed E-state index contributed by atoms with van der Waals surface area (Å²) in [5, 5.41) is 20.7. The fraction of sp³-hybridized carbons (Fsp3) is 0. The highest BCUT2D eigenvalue weighted by atomic mass is 19.1. The van der Waals surface area contributed by atoms with E-state index in [9.17, 15) is 14.3 Å². The third-order valence-electron chi connectivity index (χ3n) is 3.12. The molecule has 0 aliphatic heterocycles. The molecule has 1 N–H and O–H groups in total. The molecule has 0 saturated carbocycles. The topological polar surface area (TPSA) is 80.9 Å². The normalized spacial score (nSPS) is 11.4. The monoisotopic (exact) mass is 310 g/mol. The van der Waals surface area contributed by atoms with Gasteiger partial charge in [-0.05, 0) is 34.2 Å². The zero-order chi connectivity index (χ0) is 16.2. The van der Waals surface area contributed by atoms with Crippen LogP contribution in [0.25, 0.3) is 23.2 Å². The van der Waals surface area contributed by atoms with E-state index in [1.807, 2.05) is 6.07 Å². The van der Waals surface area contributed by atoms with Gasteiger partial charge in [0.05, 0.1) is 0 Å². The van der Waals surface area contributed by atoms with Crippen molar-refractivity contribution in [3.63, 3.8) is 0 Å². The third kappa shape index (κ3) is 3.13. The number of hydrogen-bond donors (Lipinski definition) is 1. The van der Waals surface area contributed by atoms with Gasteiger partial charge in [-0.25, -0.2) is 9.18 Å². The maximum Gasteiger partial charge on any atom is 0.354 e. The maximum absolute atomic E-state index is 13.0. The quantitative estimate of drug-likeness (QED) is 0.749. The molecular formula is C16H11FN4O2. The Balaban J connectivity index is 2.09. The van der Waals surface area contributed by atoms with Crippen molar-refractivity contribution >= 4 is 17.7 Å². The summed E-state index contributed by atoms with van der Waals surface area (Å²) in [5.41, 5.74) is 1.07. The van der Waals surface area contributed by atoms with Gasteiger partial charge in [-0.3, -0.25) is 0 Å². The van der Waals surface area contributed by atoms with Crippen LogP contribution in [0.2, 0.25) is 0 Å². The number of hydrogen-bond acceptors (Lipinski definition) is 4. The van der Waals surface area contributed by atoms with Crippen molar-refractivity contribution in [2.24, 2.45) is 0 Å². The molecule has 2 aromatic carbocycles. The molecule has 1 heterocycles. The molecule has 6 nitrogen and oxygen atoms in total. The van der Waals surface area contributed by atoms with Crippen LogP contribution in [0.3, 0.4) is 0 Å². The summed E-state index contributed by atoms with van der Waals surface area (Å²) >= 11 is 0. The van der Waals surface area contributed by atoms with Crippen molar-refractivity contribution in [1.29, 1.82) is 0 Å². The summed E-state index contributed by atoms with van der Waals surface area (Å²) in [4.78, 5) is 11.6. The van der Waals surface area contributed by atoms with Gasteiger partial charge in [-0.15, -0.1) is 5.10 Å². The molecule has 114 valence electrons. The highest BCUT2D eigenvalue weighted by molar-refractivity contribution is 6.14. The van der Waals surface area contributed by atoms with Crippen LogP contribution in [0.4, 0.5) is 4.39 Å². The average Bonchev–Trinajstić information content (AvgIpc) is 3.04. The van der Waals surface area contributed by atoms with Crippen LogP contribution in [-0.2, 0) is 4.79 Å². The summed E-state index contributed by atoms with van der Waals surface area (Å²) in [7, 11) is 0. The van der Waals surface area contributed by atoms with Crippen LogP contribution in [0.5, 0.6) is 0 Å². The van der Waals surface area contributed by atoms with Crippen molar-refractivity contribution in [3.05, 3.63) is 66.0 Å². The van der Waals surface area contributed by atoms with E-state index in [0.717, 1.165) is 4.68 Å². The lowest BCUT2D eigenvalue weighted by Crippen LogP contribution is -2.11. The molecule has 3 aromatic rings. The van der Waals surface area contributed by atoms with Gasteiger partial charge in [0.25, 0.3) is 0 Å². The van der Waals surface area contributed by atoms with Crippen molar-refractivity contribution in [2.75, 3.05) is 0 Å².